The lowest BCUT2D eigenvalue weighted by Gasteiger charge is -2.34. The maximum absolute atomic E-state index is 13.5. The van der Waals surface area contributed by atoms with Gasteiger partial charge in [-0.1, -0.05) is 85.8 Å². The van der Waals surface area contributed by atoms with Crippen molar-refractivity contribution in [3.05, 3.63) is 0 Å². The van der Waals surface area contributed by atoms with Crippen molar-refractivity contribution in [3.8, 4) is 0 Å². The molecule has 2 aliphatic carbocycles. The van der Waals surface area contributed by atoms with Crippen LogP contribution in [-0.2, 0) is 9.59 Å². The Bertz CT molecular complexity index is 1010. The molecule has 298 valence electrons. The zero-order valence-corrected chi connectivity index (χ0v) is 34.5. The molecule has 4 fully saturated rings. The molecule has 2 heterocycles. The maximum Gasteiger partial charge on any atom is 0.318 e. The summed E-state index contributed by atoms with van der Waals surface area (Å²) < 4.78 is 0. The molecule has 0 aromatic carbocycles. The third kappa shape index (κ3) is 14.7. The van der Waals surface area contributed by atoms with Crippen LogP contribution < -0.4 is 10.6 Å². The minimum Gasteiger partial charge on any atom is -0.338 e. The van der Waals surface area contributed by atoms with Gasteiger partial charge in [0, 0.05) is 90.0 Å². The van der Waals surface area contributed by atoms with E-state index in [4.69, 9.17) is 0 Å². The fourth-order valence-corrected chi connectivity index (χ4v) is 9.93. The van der Waals surface area contributed by atoms with Crippen molar-refractivity contribution < 1.29 is 19.2 Å². The second kappa shape index (κ2) is 23.1. The largest absolute Gasteiger partial charge is 0.338 e. The van der Waals surface area contributed by atoms with Crippen LogP contribution in [0.4, 0.5) is 9.59 Å². The summed E-state index contributed by atoms with van der Waals surface area (Å²) in [6, 6.07) is -1.41. The molecule has 2 saturated carbocycles. The predicted molar refractivity (Wildman–Crippen MR) is 215 cm³/mol. The van der Waals surface area contributed by atoms with Crippen LogP contribution in [0, 0.1) is 11.8 Å². The fourth-order valence-electron chi connectivity index (χ4n) is 7.95. The van der Waals surface area contributed by atoms with E-state index in [0.717, 1.165) is 50.5 Å². The third-order valence-corrected chi connectivity index (χ3v) is 14.0. The molecule has 2 N–H and O–H groups in total. The maximum atomic E-state index is 13.5. The van der Waals surface area contributed by atoms with Crippen molar-refractivity contribution in [1.29, 1.82) is 0 Å². The molecular weight excluding hydrogens is 697 g/mol. The van der Waals surface area contributed by atoms with Gasteiger partial charge in [-0.05, 0) is 52.6 Å². The van der Waals surface area contributed by atoms with Crippen LogP contribution in [0.3, 0.4) is 0 Å². The molecule has 0 radical (unpaired) electrons. The van der Waals surface area contributed by atoms with E-state index in [2.05, 4.69) is 34.5 Å². The van der Waals surface area contributed by atoms with Gasteiger partial charge in [-0.2, -0.15) is 0 Å². The average Bonchev–Trinajstić information content (AvgIpc) is 3.16. The highest BCUT2D eigenvalue weighted by molar-refractivity contribution is 8.76. The summed E-state index contributed by atoms with van der Waals surface area (Å²) in [6.07, 6.45) is 14.7. The van der Waals surface area contributed by atoms with E-state index in [1.807, 2.05) is 33.4 Å². The molecule has 52 heavy (non-hydrogen) atoms. The summed E-state index contributed by atoms with van der Waals surface area (Å²) in [4.78, 5) is 65.4. The molecule has 2 aliphatic heterocycles. The molecule has 0 spiro atoms. The number of likely N-dealkylation sites (N-methyl/N-ethyl adjacent to an activating group) is 2. The quantitative estimate of drug-likeness (QED) is 0.163. The Hall–Kier alpha value is -1.90. The average molecular weight is 767 g/mol. The molecule has 0 aromatic rings. The smallest absolute Gasteiger partial charge is 0.318 e. The molecule has 0 aromatic heterocycles. The summed E-state index contributed by atoms with van der Waals surface area (Å²) >= 11 is 0. The van der Waals surface area contributed by atoms with E-state index in [1.54, 1.807) is 21.6 Å². The fraction of sp³-hybridized carbons (Fsp3) is 0.895. The second-order valence-electron chi connectivity index (χ2n) is 15.8. The van der Waals surface area contributed by atoms with E-state index in [-0.39, 0.29) is 23.9 Å². The molecule has 0 unspecified atom stereocenters. The molecule has 0 bridgehead atoms. The lowest BCUT2D eigenvalue weighted by atomic mass is 9.87. The number of hydrogen-bond donors (Lipinski definition) is 2. The van der Waals surface area contributed by atoms with Crippen LogP contribution in [-0.4, -0.2) is 169 Å². The van der Waals surface area contributed by atoms with Crippen molar-refractivity contribution in [2.45, 2.75) is 103 Å². The van der Waals surface area contributed by atoms with Gasteiger partial charge in [0.2, 0.25) is 11.8 Å². The van der Waals surface area contributed by atoms with Crippen molar-refractivity contribution >= 4 is 45.5 Å². The van der Waals surface area contributed by atoms with Crippen LogP contribution in [0.15, 0.2) is 0 Å². The van der Waals surface area contributed by atoms with Gasteiger partial charge in [0.05, 0.1) is 0 Å². The minimum absolute atomic E-state index is 0.00576. The number of nitrogens with one attached hydrogen (secondary N) is 2. The van der Waals surface area contributed by atoms with E-state index >= 15 is 0 Å². The van der Waals surface area contributed by atoms with Gasteiger partial charge in [0.15, 0.2) is 0 Å². The monoisotopic (exact) mass is 766 g/mol. The lowest BCUT2D eigenvalue weighted by molar-refractivity contribution is -0.135. The topological polar surface area (TPSA) is 112 Å². The second-order valence-corrected chi connectivity index (χ2v) is 18.5. The number of rotatable bonds is 17. The molecule has 6 amide bonds. The Morgan fingerprint density at radius 3 is 1.25 bits per heavy atom. The summed E-state index contributed by atoms with van der Waals surface area (Å²) in [6.45, 7) is 12.5. The zero-order chi connectivity index (χ0) is 37.3. The summed E-state index contributed by atoms with van der Waals surface area (Å²) in [7, 11) is 7.61. The van der Waals surface area contributed by atoms with Crippen LogP contribution in [0.5, 0.6) is 0 Å². The summed E-state index contributed by atoms with van der Waals surface area (Å²) in [5.74, 6) is 2.87. The Morgan fingerprint density at radius 2 is 0.904 bits per heavy atom. The van der Waals surface area contributed by atoms with Crippen LogP contribution >= 0.6 is 21.6 Å². The van der Waals surface area contributed by atoms with Gasteiger partial charge in [-0.15, -0.1) is 0 Å². The minimum atomic E-state index is -0.555. The van der Waals surface area contributed by atoms with Crippen molar-refractivity contribution in [3.63, 3.8) is 0 Å². The van der Waals surface area contributed by atoms with E-state index < -0.39 is 12.1 Å². The zero-order valence-electron chi connectivity index (χ0n) is 32.8. The molecule has 4 rings (SSSR count). The van der Waals surface area contributed by atoms with Crippen LogP contribution in [0.1, 0.15) is 90.9 Å². The van der Waals surface area contributed by atoms with E-state index in [1.165, 1.54) is 64.2 Å². The number of nitrogens with zero attached hydrogens (tertiary/aromatic N) is 6. The van der Waals surface area contributed by atoms with E-state index in [0.29, 0.717) is 64.2 Å². The van der Waals surface area contributed by atoms with Crippen LogP contribution in [0.2, 0.25) is 0 Å². The van der Waals surface area contributed by atoms with Crippen LogP contribution in [0.25, 0.3) is 0 Å². The first kappa shape index (κ1) is 42.8. The van der Waals surface area contributed by atoms with Gasteiger partial charge >= 0.3 is 12.1 Å². The highest BCUT2D eigenvalue weighted by Crippen LogP contribution is 2.28. The van der Waals surface area contributed by atoms with Crippen molar-refractivity contribution in [2.24, 2.45) is 11.8 Å². The molecule has 12 nitrogen and oxygen atoms in total. The first-order valence-corrected chi connectivity index (χ1v) is 22.9. The van der Waals surface area contributed by atoms with Gasteiger partial charge in [-0.3, -0.25) is 9.59 Å². The van der Waals surface area contributed by atoms with Crippen molar-refractivity contribution in [1.82, 2.24) is 40.0 Å². The highest BCUT2D eigenvalue weighted by Gasteiger charge is 2.28. The summed E-state index contributed by atoms with van der Waals surface area (Å²) in [5, 5.41) is 6.06. The molecule has 2 saturated heterocycles. The number of amides is 6. The normalized spacial score (nSPS) is 21.0. The number of urea groups is 2. The lowest BCUT2D eigenvalue weighted by Crippen LogP contribution is -2.55. The predicted octanol–water partition coefficient (Wildman–Crippen LogP) is 4.66. The molecule has 4 aliphatic rings. The number of hydrogen-bond acceptors (Lipinski definition) is 8. The van der Waals surface area contributed by atoms with Gasteiger partial charge in [-0.25, -0.2) is 9.59 Å². The molecule has 2 atom stereocenters. The molecular formula is C38H70N8O4S2. The number of carbonyl (C=O) groups is 4. The first-order chi connectivity index (χ1) is 25.1. The number of piperazine rings is 2. The van der Waals surface area contributed by atoms with Crippen molar-refractivity contribution in [2.75, 3.05) is 104 Å². The highest BCUT2D eigenvalue weighted by atomic mass is 33.1. The standard InChI is InChI=1S/C38H70N8O4S2/c1-31(35(47)43-23-19-41(3)20-24-43)39-37(49)45(17-15-33-11-7-5-8-12-33)27-29-51-52-30-28-46(18-16-34-13-9-6-10-14-34)38(50)40-32(2)36(48)44-25-21-42(4)22-26-44/h31-34H,5-30H2,1-4H3,(H,39,49)(H,40,50)/t31-,32-/m0/s1. The molecule has 14 heteroatoms. The third-order valence-electron chi connectivity index (χ3n) is 11.7. The number of carbonyl (C=O) groups excluding carboxylic acids is 4. The van der Waals surface area contributed by atoms with Gasteiger partial charge in [0.25, 0.3) is 0 Å². The Morgan fingerprint density at radius 1 is 0.558 bits per heavy atom. The Labute approximate surface area is 322 Å². The van der Waals surface area contributed by atoms with Gasteiger partial charge in [0.1, 0.15) is 12.1 Å². The SMILES string of the molecule is C[C@H](NC(=O)N(CCSSCCN(CCC1CCCCC1)C(=O)N[C@@H](C)C(=O)N1CCN(C)CC1)CCC1CCCCC1)C(=O)N1CCN(C)CC1. The van der Waals surface area contributed by atoms with Gasteiger partial charge < -0.3 is 40.0 Å². The van der Waals surface area contributed by atoms with E-state index in [9.17, 15) is 19.2 Å². The summed E-state index contributed by atoms with van der Waals surface area (Å²) in [5.41, 5.74) is 0. The first-order valence-electron chi connectivity index (χ1n) is 20.4. The Kier molecular flexibility index (Phi) is 19.0. The Balaban J connectivity index is 1.24.